The van der Waals surface area contributed by atoms with E-state index in [4.69, 9.17) is 4.74 Å². The Bertz CT molecular complexity index is 678. The Balaban J connectivity index is 2.02. The number of hydrogen-bond acceptors (Lipinski definition) is 3. The van der Waals surface area contributed by atoms with Gasteiger partial charge >= 0.3 is 5.97 Å². The molecule has 0 aliphatic heterocycles. The molecule has 2 atom stereocenters. The van der Waals surface area contributed by atoms with Gasteiger partial charge in [0.2, 0.25) is 0 Å². The number of benzene rings is 1. The first kappa shape index (κ1) is 16.1. The number of halogens is 3. The lowest BCUT2D eigenvalue weighted by atomic mass is 9.76. The van der Waals surface area contributed by atoms with E-state index >= 15 is 0 Å². The fraction of sp³-hybridized carbons (Fsp3) is 0.588. The third kappa shape index (κ3) is 2.48. The van der Waals surface area contributed by atoms with Gasteiger partial charge in [-0.25, -0.2) is 13.2 Å². The zero-order chi connectivity index (χ0) is 17.2. The van der Waals surface area contributed by atoms with Crippen LogP contribution in [0.5, 0.6) is 5.75 Å². The van der Waals surface area contributed by atoms with Crippen molar-refractivity contribution in [3.05, 3.63) is 29.1 Å². The van der Waals surface area contributed by atoms with Crippen LogP contribution < -0.4 is 0 Å². The second-order valence-corrected chi connectivity index (χ2v) is 7.47. The highest BCUT2D eigenvalue weighted by atomic mass is 19.3. The standard InChI is InChI=1S/C17H19F3O3/c1-15(2,3)23-14(22)10-8-16(10)6-7-17(19,20)9-4-5-11(21)13(18)12(9)16/h4-5,10,21H,6-8H2,1-3H3/t10-,16+/m1/s1. The number of carbonyl (C=O) groups is 1. The highest BCUT2D eigenvalue weighted by molar-refractivity contribution is 5.80. The molecule has 2 aliphatic rings. The van der Waals surface area contributed by atoms with Crippen LogP contribution in [-0.4, -0.2) is 16.7 Å². The van der Waals surface area contributed by atoms with Crippen molar-refractivity contribution < 1.29 is 27.8 Å². The van der Waals surface area contributed by atoms with Crippen molar-refractivity contribution in [2.24, 2.45) is 5.92 Å². The zero-order valence-electron chi connectivity index (χ0n) is 13.3. The summed E-state index contributed by atoms with van der Waals surface area (Å²) in [5.41, 5.74) is -2.32. The van der Waals surface area contributed by atoms with Gasteiger partial charge in [0.1, 0.15) is 5.60 Å². The number of alkyl halides is 2. The van der Waals surface area contributed by atoms with Crippen LogP contribution in [0.15, 0.2) is 12.1 Å². The van der Waals surface area contributed by atoms with Crippen molar-refractivity contribution in [2.75, 3.05) is 0 Å². The van der Waals surface area contributed by atoms with Gasteiger partial charge in [-0.05, 0) is 45.7 Å². The molecule has 0 aromatic heterocycles. The van der Waals surface area contributed by atoms with Gasteiger partial charge in [0.25, 0.3) is 5.92 Å². The molecule has 3 rings (SSSR count). The van der Waals surface area contributed by atoms with Crippen LogP contribution in [-0.2, 0) is 20.9 Å². The van der Waals surface area contributed by atoms with Gasteiger partial charge in [-0.15, -0.1) is 0 Å². The SMILES string of the molecule is CC(C)(C)OC(=O)[C@H]1C[C@@]12CCC(F)(F)c1ccc(O)c(F)c12. The molecule has 0 saturated heterocycles. The lowest BCUT2D eigenvalue weighted by Gasteiger charge is -2.33. The van der Waals surface area contributed by atoms with Crippen LogP contribution in [0.1, 0.15) is 51.2 Å². The highest BCUT2D eigenvalue weighted by Gasteiger charge is 2.66. The van der Waals surface area contributed by atoms with Crippen molar-refractivity contribution in [2.45, 2.75) is 57.0 Å². The number of fused-ring (bicyclic) bond motifs is 2. The summed E-state index contributed by atoms with van der Waals surface area (Å²) in [6, 6.07) is 1.99. The first-order chi connectivity index (χ1) is 10.5. The van der Waals surface area contributed by atoms with E-state index in [-0.39, 0.29) is 18.4 Å². The number of rotatable bonds is 1. The molecule has 23 heavy (non-hydrogen) atoms. The molecule has 2 aliphatic carbocycles. The van der Waals surface area contributed by atoms with Crippen LogP contribution >= 0.6 is 0 Å². The van der Waals surface area contributed by atoms with Gasteiger partial charge in [-0.2, -0.15) is 0 Å². The van der Waals surface area contributed by atoms with Crippen LogP contribution in [0, 0.1) is 11.7 Å². The second-order valence-electron chi connectivity index (χ2n) is 7.47. The fourth-order valence-corrected chi connectivity index (χ4v) is 3.54. The summed E-state index contributed by atoms with van der Waals surface area (Å²) >= 11 is 0. The molecule has 0 amide bonds. The van der Waals surface area contributed by atoms with E-state index < -0.39 is 52.4 Å². The van der Waals surface area contributed by atoms with Crippen molar-refractivity contribution >= 4 is 5.97 Å². The highest BCUT2D eigenvalue weighted by Crippen LogP contribution is 2.65. The van der Waals surface area contributed by atoms with Crippen molar-refractivity contribution in [1.29, 1.82) is 0 Å². The second kappa shape index (κ2) is 4.65. The third-order valence-corrected chi connectivity index (χ3v) is 4.67. The molecule has 1 fully saturated rings. The van der Waals surface area contributed by atoms with Crippen molar-refractivity contribution in [3.8, 4) is 5.75 Å². The number of phenolic OH excluding ortho intramolecular Hbond substituents is 1. The average Bonchev–Trinajstić information content (AvgIpc) is 3.12. The van der Waals surface area contributed by atoms with Crippen LogP contribution in [0.2, 0.25) is 0 Å². The summed E-state index contributed by atoms with van der Waals surface area (Å²) in [6.07, 6.45) is -0.174. The molecule has 1 aromatic rings. The quantitative estimate of drug-likeness (QED) is 0.792. The molecule has 0 bridgehead atoms. The van der Waals surface area contributed by atoms with E-state index in [0.29, 0.717) is 0 Å². The Morgan fingerprint density at radius 3 is 2.57 bits per heavy atom. The van der Waals surface area contributed by atoms with E-state index in [1.165, 1.54) is 0 Å². The van der Waals surface area contributed by atoms with Gasteiger partial charge in [0, 0.05) is 23.0 Å². The van der Waals surface area contributed by atoms with Crippen molar-refractivity contribution in [1.82, 2.24) is 0 Å². The molecule has 1 aromatic carbocycles. The lowest BCUT2D eigenvalue weighted by Crippen LogP contribution is -2.33. The summed E-state index contributed by atoms with van der Waals surface area (Å²) in [4.78, 5) is 12.3. The molecule has 0 heterocycles. The Labute approximate surface area is 132 Å². The molecule has 1 saturated carbocycles. The maximum Gasteiger partial charge on any atom is 0.310 e. The van der Waals surface area contributed by atoms with E-state index in [1.54, 1.807) is 20.8 Å². The Hall–Kier alpha value is -1.72. The van der Waals surface area contributed by atoms with Gasteiger partial charge < -0.3 is 9.84 Å². The average molecular weight is 328 g/mol. The molecule has 0 unspecified atom stereocenters. The lowest BCUT2D eigenvalue weighted by molar-refractivity contribution is -0.157. The summed E-state index contributed by atoms with van der Waals surface area (Å²) in [5, 5.41) is 9.58. The van der Waals surface area contributed by atoms with E-state index in [1.807, 2.05) is 0 Å². The molecule has 1 spiro atoms. The predicted octanol–water partition coefficient (Wildman–Crippen LogP) is 4.02. The van der Waals surface area contributed by atoms with E-state index in [0.717, 1.165) is 12.1 Å². The normalized spacial score (nSPS) is 28.3. The number of ether oxygens (including phenoxy) is 1. The molecule has 3 nitrogen and oxygen atoms in total. The minimum Gasteiger partial charge on any atom is -0.505 e. The maximum atomic E-state index is 14.4. The van der Waals surface area contributed by atoms with Crippen LogP contribution in [0.4, 0.5) is 13.2 Å². The maximum absolute atomic E-state index is 14.4. The summed E-state index contributed by atoms with van der Waals surface area (Å²) in [7, 11) is 0. The van der Waals surface area contributed by atoms with Gasteiger partial charge in [-0.3, -0.25) is 4.79 Å². The minimum absolute atomic E-state index is 0.00270. The summed E-state index contributed by atoms with van der Waals surface area (Å²) < 4.78 is 47.9. The monoisotopic (exact) mass is 328 g/mol. The number of hydrogen-bond donors (Lipinski definition) is 1. The Morgan fingerprint density at radius 2 is 1.96 bits per heavy atom. The number of aromatic hydroxyl groups is 1. The number of phenols is 1. The Kier molecular flexibility index (Phi) is 3.26. The van der Waals surface area contributed by atoms with Crippen LogP contribution in [0.25, 0.3) is 0 Å². The zero-order valence-corrected chi connectivity index (χ0v) is 13.3. The van der Waals surface area contributed by atoms with Crippen molar-refractivity contribution in [3.63, 3.8) is 0 Å². The first-order valence-corrected chi connectivity index (χ1v) is 7.61. The fourth-order valence-electron chi connectivity index (χ4n) is 3.54. The molecular formula is C17H19F3O3. The summed E-state index contributed by atoms with van der Waals surface area (Å²) in [6.45, 7) is 5.15. The Morgan fingerprint density at radius 1 is 1.30 bits per heavy atom. The van der Waals surface area contributed by atoms with Gasteiger partial charge in [-0.1, -0.05) is 0 Å². The molecule has 126 valence electrons. The first-order valence-electron chi connectivity index (χ1n) is 7.61. The molecule has 0 radical (unpaired) electrons. The van der Waals surface area contributed by atoms with E-state index in [2.05, 4.69) is 0 Å². The molecular weight excluding hydrogens is 309 g/mol. The van der Waals surface area contributed by atoms with Crippen LogP contribution in [0.3, 0.4) is 0 Å². The number of carbonyl (C=O) groups excluding carboxylic acids is 1. The smallest absolute Gasteiger partial charge is 0.310 e. The predicted molar refractivity (Wildman–Crippen MR) is 76.8 cm³/mol. The molecule has 1 N–H and O–H groups in total. The van der Waals surface area contributed by atoms with Gasteiger partial charge in [0.15, 0.2) is 11.6 Å². The topological polar surface area (TPSA) is 46.5 Å². The van der Waals surface area contributed by atoms with Gasteiger partial charge in [0.05, 0.1) is 5.92 Å². The van der Waals surface area contributed by atoms with E-state index in [9.17, 15) is 23.1 Å². The molecule has 6 heteroatoms. The summed E-state index contributed by atoms with van der Waals surface area (Å²) in [5.74, 6) is -6.02. The minimum atomic E-state index is -3.16. The third-order valence-electron chi connectivity index (χ3n) is 4.67. The number of esters is 1. The largest absolute Gasteiger partial charge is 0.505 e.